The molecule has 0 fully saturated rings. The lowest BCUT2D eigenvalue weighted by Crippen LogP contribution is -2.12. The largest absolute Gasteiger partial charge is 0.481 e. The zero-order valence-electron chi connectivity index (χ0n) is 18.9. The number of anilines is 2. The Kier molecular flexibility index (Phi) is 6.47. The highest BCUT2D eigenvalue weighted by Gasteiger charge is 2.20. The fourth-order valence-electron chi connectivity index (χ4n) is 3.15. The van der Waals surface area contributed by atoms with Crippen molar-refractivity contribution in [2.75, 3.05) is 23.8 Å². The molecule has 1 aromatic heterocycles. The number of rotatable bonds is 4. The standard InChI is InChI=1S/C25H27N3O3S/c1-25(2,3)19-15-18(11-8-17-9-12-20(13-10-17)28-32(5,29)30)23(26)22(16-19)21-7-6-14-27-24(21)31-4/h6-7,9-10,12-16,28H,26H2,1-5H3. The van der Waals surface area contributed by atoms with Gasteiger partial charge in [-0.3, -0.25) is 4.72 Å². The number of hydrogen-bond donors (Lipinski definition) is 2. The molecular weight excluding hydrogens is 422 g/mol. The summed E-state index contributed by atoms with van der Waals surface area (Å²) < 4.78 is 30.6. The maximum Gasteiger partial charge on any atom is 0.229 e. The van der Waals surface area contributed by atoms with Crippen molar-refractivity contribution in [3.8, 4) is 28.8 Å². The Morgan fingerprint density at radius 3 is 2.31 bits per heavy atom. The van der Waals surface area contributed by atoms with E-state index in [4.69, 9.17) is 10.5 Å². The summed E-state index contributed by atoms with van der Waals surface area (Å²) in [6.45, 7) is 6.40. The summed E-state index contributed by atoms with van der Waals surface area (Å²) in [4.78, 5) is 4.30. The van der Waals surface area contributed by atoms with Gasteiger partial charge in [-0.15, -0.1) is 0 Å². The molecule has 0 saturated carbocycles. The van der Waals surface area contributed by atoms with Gasteiger partial charge in [0.1, 0.15) is 0 Å². The summed E-state index contributed by atoms with van der Waals surface area (Å²) in [5, 5.41) is 0. The fraction of sp³-hybridized carbons (Fsp3) is 0.240. The lowest BCUT2D eigenvalue weighted by molar-refractivity contribution is 0.399. The molecule has 0 aliphatic rings. The molecule has 0 amide bonds. The Bertz CT molecular complexity index is 1300. The van der Waals surface area contributed by atoms with Gasteiger partial charge in [-0.05, 0) is 59.5 Å². The third-order valence-corrected chi connectivity index (χ3v) is 5.44. The highest BCUT2D eigenvalue weighted by molar-refractivity contribution is 7.92. The van der Waals surface area contributed by atoms with Crippen LogP contribution in [0.2, 0.25) is 0 Å². The van der Waals surface area contributed by atoms with Crippen LogP contribution in [-0.2, 0) is 15.4 Å². The van der Waals surface area contributed by atoms with E-state index in [1.54, 1.807) is 37.6 Å². The number of methoxy groups -OCH3 is 1. The Morgan fingerprint density at radius 1 is 1.03 bits per heavy atom. The average molecular weight is 450 g/mol. The second kappa shape index (κ2) is 8.93. The molecule has 0 spiro atoms. The van der Waals surface area contributed by atoms with Crippen LogP contribution in [0.3, 0.4) is 0 Å². The molecular formula is C25H27N3O3S. The van der Waals surface area contributed by atoms with Gasteiger partial charge in [0, 0.05) is 34.1 Å². The summed E-state index contributed by atoms with van der Waals surface area (Å²) in [6, 6.07) is 14.7. The smallest absolute Gasteiger partial charge is 0.229 e. The molecule has 166 valence electrons. The molecule has 0 bridgehead atoms. The minimum absolute atomic E-state index is 0.118. The van der Waals surface area contributed by atoms with E-state index < -0.39 is 10.0 Å². The van der Waals surface area contributed by atoms with E-state index in [2.05, 4.69) is 48.4 Å². The second-order valence-corrected chi connectivity index (χ2v) is 10.2. The van der Waals surface area contributed by atoms with Crippen LogP contribution in [-0.4, -0.2) is 26.8 Å². The van der Waals surface area contributed by atoms with Crippen molar-refractivity contribution in [1.82, 2.24) is 4.98 Å². The average Bonchev–Trinajstić information content (AvgIpc) is 2.72. The number of nitrogens with zero attached hydrogens (tertiary/aromatic N) is 1. The topological polar surface area (TPSA) is 94.3 Å². The predicted octanol–water partition coefficient (Wildman–Crippen LogP) is 4.41. The van der Waals surface area contributed by atoms with Crippen LogP contribution in [0.15, 0.2) is 54.7 Å². The van der Waals surface area contributed by atoms with Crippen LogP contribution in [0.4, 0.5) is 11.4 Å². The van der Waals surface area contributed by atoms with Gasteiger partial charge in [-0.2, -0.15) is 0 Å². The molecule has 0 atom stereocenters. The zero-order chi connectivity index (χ0) is 23.5. The highest BCUT2D eigenvalue weighted by Crippen LogP contribution is 2.37. The van der Waals surface area contributed by atoms with E-state index in [1.807, 2.05) is 18.2 Å². The SMILES string of the molecule is COc1ncccc1-c1cc(C(C)(C)C)cc(C#Cc2ccc(NS(C)(=O)=O)cc2)c1N. The molecule has 3 rings (SSSR count). The van der Waals surface area contributed by atoms with Gasteiger partial charge < -0.3 is 10.5 Å². The summed E-state index contributed by atoms with van der Waals surface area (Å²) in [7, 11) is -1.74. The van der Waals surface area contributed by atoms with Gasteiger partial charge in [0.15, 0.2) is 0 Å². The number of ether oxygens (including phenoxy) is 1. The molecule has 32 heavy (non-hydrogen) atoms. The number of benzene rings is 2. The molecule has 0 aliphatic carbocycles. The van der Waals surface area contributed by atoms with Crippen LogP contribution in [0.1, 0.15) is 37.5 Å². The van der Waals surface area contributed by atoms with Gasteiger partial charge >= 0.3 is 0 Å². The number of nitrogen functional groups attached to an aromatic ring is 1. The number of nitrogens with two attached hydrogens (primary N) is 1. The quantitative estimate of drug-likeness (QED) is 0.455. The van der Waals surface area contributed by atoms with Crippen molar-refractivity contribution in [3.05, 3.63) is 71.4 Å². The van der Waals surface area contributed by atoms with Gasteiger partial charge in [-0.1, -0.05) is 32.6 Å². The van der Waals surface area contributed by atoms with E-state index in [0.29, 0.717) is 22.8 Å². The third kappa shape index (κ3) is 5.59. The molecule has 3 aromatic rings. The number of nitrogens with one attached hydrogen (secondary N) is 1. The van der Waals surface area contributed by atoms with Crippen molar-refractivity contribution < 1.29 is 13.2 Å². The Hall–Kier alpha value is -3.50. The van der Waals surface area contributed by atoms with E-state index >= 15 is 0 Å². The Balaban J connectivity index is 2.08. The monoisotopic (exact) mass is 449 g/mol. The number of sulfonamides is 1. The third-order valence-electron chi connectivity index (χ3n) is 4.83. The minimum atomic E-state index is -3.32. The van der Waals surface area contributed by atoms with Gasteiger partial charge in [0.05, 0.1) is 19.1 Å². The molecule has 0 aliphatic heterocycles. The number of hydrogen-bond acceptors (Lipinski definition) is 5. The first kappa shape index (κ1) is 23.2. The van der Waals surface area contributed by atoms with Crippen molar-refractivity contribution in [2.24, 2.45) is 0 Å². The van der Waals surface area contributed by atoms with Gasteiger partial charge in [-0.25, -0.2) is 13.4 Å². The Morgan fingerprint density at radius 2 is 1.72 bits per heavy atom. The summed E-state index contributed by atoms with van der Waals surface area (Å²) >= 11 is 0. The van der Waals surface area contributed by atoms with E-state index in [0.717, 1.165) is 28.5 Å². The molecule has 3 N–H and O–H groups in total. The summed E-state index contributed by atoms with van der Waals surface area (Å²) in [5.74, 6) is 6.80. The van der Waals surface area contributed by atoms with E-state index in [-0.39, 0.29) is 5.41 Å². The normalized spacial score (nSPS) is 11.4. The lowest BCUT2D eigenvalue weighted by Gasteiger charge is -2.22. The van der Waals surface area contributed by atoms with Crippen LogP contribution in [0, 0.1) is 11.8 Å². The summed E-state index contributed by atoms with van der Waals surface area (Å²) in [6.07, 6.45) is 2.79. The molecule has 2 aromatic carbocycles. The first-order valence-corrected chi connectivity index (χ1v) is 11.9. The first-order valence-electron chi connectivity index (χ1n) is 10.0. The van der Waals surface area contributed by atoms with Crippen molar-refractivity contribution >= 4 is 21.4 Å². The van der Waals surface area contributed by atoms with E-state index in [9.17, 15) is 8.42 Å². The fourth-order valence-corrected chi connectivity index (χ4v) is 3.71. The minimum Gasteiger partial charge on any atom is -0.481 e. The van der Waals surface area contributed by atoms with Crippen molar-refractivity contribution in [3.63, 3.8) is 0 Å². The second-order valence-electron chi connectivity index (χ2n) is 8.50. The van der Waals surface area contributed by atoms with Crippen LogP contribution in [0.25, 0.3) is 11.1 Å². The van der Waals surface area contributed by atoms with Crippen LogP contribution < -0.4 is 15.2 Å². The van der Waals surface area contributed by atoms with Gasteiger partial charge in [0.2, 0.25) is 15.9 Å². The van der Waals surface area contributed by atoms with E-state index in [1.165, 1.54) is 0 Å². The van der Waals surface area contributed by atoms with Crippen LogP contribution in [0.5, 0.6) is 5.88 Å². The van der Waals surface area contributed by atoms with Gasteiger partial charge in [0.25, 0.3) is 0 Å². The summed E-state index contributed by atoms with van der Waals surface area (Å²) in [5.41, 5.74) is 11.6. The predicted molar refractivity (Wildman–Crippen MR) is 130 cm³/mol. The lowest BCUT2D eigenvalue weighted by atomic mass is 9.83. The molecule has 6 nitrogen and oxygen atoms in total. The van der Waals surface area contributed by atoms with Crippen molar-refractivity contribution in [2.45, 2.75) is 26.2 Å². The zero-order valence-corrected chi connectivity index (χ0v) is 19.7. The Labute approximate surface area is 189 Å². The molecule has 0 radical (unpaired) electrons. The number of aromatic nitrogens is 1. The van der Waals surface area contributed by atoms with Crippen LogP contribution >= 0.6 is 0 Å². The van der Waals surface area contributed by atoms with Crippen molar-refractivity contribution in [1.29, 1.82) is 0 Å². The number of pyridine rings is 1. The highest BCUT2D eigenvalue weighted by atomic mass is 32.2. The maximum absolute atomic E-state index is 11.4. The molecule has 0 unspecified atom stereocenters. The molecule has 0 saturated heterocycles. The first-order chi connectivity index (χ1) is 15.0. The molecule has 7 heteroatoms. The molecule has 1 heterocycles. The maximum atomic E-state index is 11.4.